The topological polar surface area (TPSA) is 92.3 Å². The van der Waals surface area contributed by atoms with Crippen LogP contribution in [0.4, 0.5) is 11.4 Å². The van der Waals surface area contributed by atoms with Gasteiger partial charge in [0.2, 0.25) is 9.84 Å². The molecule has 0 bridgehead atoms. The number of sulfone groups is 1. The van der Waals surface area contributed by atoms with Crippen LogP contribution in [0, 0.1) is 0 Å². The number of hydrogen-bond acceptors (Lipinski definition) is 5. The molecule has 3 aromatic carbocycles. The number of rotatable bonds is 7. The molecule has 0 saturated heterocycles. The van der Waals surface area contributed by atoms with Gasteiger partial charge in [0, 0.05) is 16.8 Å². The first-order valence-electron chi connectivity index (χ1n) is 9.09. The molecule has 0 saturated carbocycles. The Labute approximate surface area is 181 Å². The largest absolute Gasteiger partial charge is 0.383 e. The Morgan fingerprint density at radius 2 is 1.43 bits per heavy atom. The van der Waals surface area contributed by atoms with Crippen molar-refractivity contribution in [2.75, 3.05) is 10.0 Å². The van der Waals surface area contributed by atoms with E-state index in [-0.39, 0.29) is 31.4 Å². The summed E-state index contributed by atoms with van der Waals surface area (Å²) in [5, 5.41) is 3.35. The SMILES string of the molecule is CC(C)Nc1ccc(S(=O)(=O)Nc2ccc(Cl)cc2S(=O)(=O)c2ccccc2)cc1. The zero-order chi connectivity index (χ0) is 21.9. The molecule has 0 aliphatic heterocycles. The zero-order valence-electron chi connectivity index (χ0n) is 16.3. The van der Waals surface area contributed by atoms with Gasteiger partial charge in [-0.05, 0) is 68.4 Å². The van der Waals surface area contributed by atoms with Gasteiger partial charge in [-0.3, -0.25) is 4.72 Å². The highest BCUT2D eigenvalue weighted by Crippen LogP contribution is 2.32. The first-order chi connectivity index (χ1) is 14.1. The second-order valence-electron chi connectivity index (χ2n) is 6.89. The lowest BCUT2D eigenvalue weighted by atomic mass is 10.3. The van der Waals surface area contributed by atoms with Crippen molar-refractivity contribution < 1.29 is 16.8 Å². The standard InChI is InChI=1S/C21H21ClN2O4S2/c1-15(2)23-17-9-11-19(12-10-17)30(27,28)24-20-13-8-16(22)14-21(20)29(25,26)18-6-4-3-5-7-18/h3-15,23-24H,1-2H3. The minimum absolute atomic E-state index is 0.00909. The van der Waals surface area contributed by atoms with E-state index in [0.717, 1.165) is 5.69 Å². The van der Waals surface area contributed by atoms with E-state index in [1.54, 1.807) is 30.3 Å². The quantitative estimate of drug-likeness (QED) is 0.524. The average molecular weight is 465 g/mol. The predicted molar refractivity (Wildman–Crippen MR) is 119 cm³/mol. The summed E-state index contributed by atoms with van der Waals surface area (Å²) in [6.07, 6.45) is 0. The fraction of sp³-hybridized carbons (Fsp3) is 0.143. The fourth-order valence-corrected chi connectivity index (χ4v) is 5.64. The van der Waals surface area contributed by atoms with E-state index in [1.807, 2.05) is 13.8 Å². The number of halogens is 1. The van der Waals surface area contributed by atoms with E-state index in [4.69, 9.17) is 11.6 Å². The Balaban J connectivity index is 1.99. The van der Waals surface area contributed by atoms with Crippen LogP contribution in [0.3, 0.4) is 0 Å². The maximum absolute atomic E-state index is 13.1. The molecule has 2 N–H and O–H groups in total. The lowest BCUT2D eigenvalue weighted by Crippen LogP contribution is -2.16. The van der Waals surface area contributed by atoms with Crippen LogP contribution in [0.15, 0.2) is 87.5 Å². The van der Waals surface area contributed by atoms with Crippen molar-refractivity contribution >= 4 is 42.8 Å². The minimum atomic E-state index is -4.02. The molecular weight excluding hydrogens is 444 g/mol. The number of sulfonamides is 1. The molecule has 6 nitrogen and oxygen atoms in total. The van der Waals surface area contributed by atoms with Crippen molar-refractivity contribution in [2.45, 2.75) is 34.6 Å². The van der Waals surface area contributed by atoms with Gasteiger partial charge in [0.25, 0.3) is 10.0 Å². The van der Waals surface area contributed by atoms with E-state index >= 15 is 0 Å². The smallest absolute Gasteiger partial charge is 0.261 e. The molecule has 0 fully saturated rings. The van der Waals surface area contributed by atoms with E-state index in [1.165, 1.54) is 42.5 Å². The van der Waals surface area contributed by atoms with E-state index in [2.05, 4.69) is 10.0 Å². The Hall–Kier alpha value is -2.55. The third-order valence-electron chi connectivity index (χ3n) is 4.15. The van der Waals surface area contributed by atoms with Gasteiger partial charge in [-0.25, -0.2) is 16.8 Å². The molecule has 3 aromatic rings. The van der Waals surface area contributed by atoms with Gasteiger partial charge in [0.05, 0.1) is 20.4 Å². The zero-order valence-corrected chi connectivity index (χ0v) is 18.7. The lowest BCUT2D eigenvalue weighted by molar-refractivity contribution is 0.596. The van der Waals surface area contributed by atoms with Crippen LogP contribution in [0.1, 0.15) is 13.8 Å². The maximum Gasteiger partial charge on any atom is 0.261 e. The van der Waals surface area contributed by atoms with Crippen molar-refractivity contribution in [3.63, 3.8) is 0 Å². The summed E-state index contributed by atoms with van der Waals surface area (Å²) in [5.74, 6) is 0. The second-order valence-corrected chi connectivity index (χ2v) is 10.9. The normalized spacial score (nSPS) is 12.0. The molecule has 158 valence electrons. The predicted octanol–water partition coefficient (Wildman–Crippen LogP) is 4.79. The summed E-state index contributed by atoms with van der Waals surface area (Å²) in [6.45, 7) is 3.95. The van der Waals surface area contributed by atoms with Gasteiger partial charge in [-0.15, -0.1) is 0 Å². The van der Waals surface area contributed by atoms with Crippen molar-refractivity contribution in [1.29, 1.82) is 0 Å². The summed E-state index contributed by atoms with van der Waals surface area (Å²) in [5.41, 5.74) is 0.704. The van der Waals surface area contributed by atoms with Crippen molar-refractivity contribution in [3.05, 3.63) is 77.8 Å². The van der Waals surface area contributed by atoms with Gasteiger partial charge in [-0.2, -0.15) is 0 Å². The summed E-state index contributed by atoms with van der Waals surface area (Å²) >= 11 is 6.01. The van der Waals surface area contributed by atoms with Crippen molar-refractivity contribution in [3.8, 4) is 0 Å². The van der Waals surface area contributed by atoms with Crippen LogP contribution in [0.5, 0.6) is 0 Å². The van der Waals surface area contributed by atoms with Crippen LogP contribution < -0.4 is 10.0 Å². The highest BCUT2D eigenvalue weighted by Gasteiger charge is 2.25. The third kappa shape index (κ3) is 4.95. The van der Waals surface area contributed by atoms with Crippen molar-refractivity contribution in [1.82, 2.24) is 0 Å². The molecule has 0 atom stereocenters. The Morgan fingerprint density at radius 1 is 0.800 bits per heavy atom. The lowest BCUT2D eigenvalue weighted by Gasteiger charge is -2.15. The highest BCUT2D eigenvalue weighted by atomic mass is 35.5. The van der Waals surface area contributed by atoms with Gasteiger partial charge in [0.15, 0.2) is 0 Å². The van der Waals surface area contributed by atoms with E-state index in [9.17, 15) is 16.8 Å². The monoisotopic (exact) mass is 464 g/mol. The van der Waals surface area contributed by atoms with Gasteiger partial charge in [-0.1, -0.05) is 29.8 Å². The molecule has 0 spiro atoms. The molecular formula is C21H21ClN2O4S2. The van der Waals surface area contributed by atoms with Crippen LogP contribution in [0.25, 0.3) is 0 Å². The summed E-state index contributed by atoms with van der Waals surface area (Å²) < 4.78 is 54.3. The summed E-state index contributed by atoms with van der Waals surface area (Å²) in [6, 6.07) is 18.2. The number of anilines is 2. The molecule has 0 radical (unpaired) electrons. The molecule has 0 unspecified atom stereocenters. The maximum atomic E-state index is 13.1. The van der Waals surface area contributed by atoms with Crippen LogP contribution >= 0.6 is 11.6 Å². The fourth-order valence-electron chi connectivity index (χ4n) is 2.80. The van der Waals surface area contributed by atoms with Gasteiger partial charge in [0.1, 0.15) is 0 Å². The molecule has 9 heteroatoms. The minimum Gasteiger partial charge on any atom is -0.383 e. The van der Waals surface area contributed by atoms with Gasteiger partial charge < -0.3 is 5.32 Å². The van der Waals surface area contributed by atoms with Gasteiger partial charge >= 0.3 is 0 Å². The Bertz CT molecular complexity index is 1240. The number of hydrogen-bond donors (Lipinski definition) is 2. The average Bonchev–Trinajstić information content (AvgIpc) is 2.70. The molecule has 3 rings (SSSR count). The molecule has 0 aromatic heterocycles. The van der Waals surface area contributed by atoms with E-state index in [0.29, 0.717) is 0 Å². The first kappa shape index (κ1) is 22.1. The summed E-state index contributed by atoms with van der Waals surface area (Å²) in [7, 11) is -8.01. The first-order valence-corrected chi connectivity index (χ1v) is 12.4. The number of benzene rings is 3. The Kier molecular flexibility index (Phi) is 6.40. The van der Waals surface area contributed by atoms with Crippen molar-refractivity contribution in [2.24, 2.45) is 0 Å². The molecule has 0 aliphatic rings. The second kappa shape index (κ2) is 8.67. The van der Waals surface area contributed by atoms with Crippen LogP contribution in [-0.2, 0) is 19.9 Å². The third-order valence-corrected chi connectivity index (χ3v) is 7.58. The molecule has 0 aliphatic carbocycles. The number of nitrogens with one attached hydrogen (secondary N) is 2. The molecule has 0 heterocycles. The highest BCUT2D eigenvalue weighted by molar-refractivity contribution is 7.93. The summed E-state index contributed by atoms with van der Waals surface area (Å²) in [4.78, 5) is -0.172. The van der Waals surface area contributed by atoms with Crippen LogP contribution in [0.2, 0.25) is 5.02 Å². The Morgan fingerprint density at radius 3 is 2.03 bits per heavy atom. The van der Waals surface area contributed by atoms with E-state index < -0.39 is 19.9 Å². The van der Waals surface area contributed by atoms with Crippen LogP contribution in [-0.4, -0.2) is 22.9 Å². The molecule has 30 heavy (non-hydrogen) atoms. The molecule has 0 amide bonds.